The minimum Gasteiger partial charge on any atom is -0.480 e. The van der Waals surface area contributed by atoms with Gasteiger partial charge in [0.25, 0.3) is 0 Å². The maximum Gasteiger partial charge on any atom is 0.407 e. The van der Waals surface area contributed by atoms with Crippen LogP contribution in [0.4, 0.5) is 4.79 Å². The fourth-order valence-electron chi connectivity index (χ4n) is 2.61. The SMILES string of the molecule is COC(=O)NC(C(=O)O)C1CCCOC2(CC2)C1. The highest BCUT2D eigenvalue weighted by molar-refractivity contribution is 5.80. The van der Waals surface area contributed by atoms with Crippen molar-refractivity contribution in [2.45, 2.75) is 43.7 Å². The highest BCUT2D eigenvalue weighted by atomic mass is 16.5. The fraction of sp³-hybridized carbons (Fsp3) is 0.833. The van der Waals surface area contributed by atoms with Crippen LogP contribution >= 0.6 is 0 Å². The average molecular weight is 257 g/mol. The van der Waals surface area contributed by atoms with E-state index in [-0.39, 0.29) is 11.5 Å². The zero-order chi connectivity index (χ0) is 13.2. The van der Waals surface area contributed by atoms with Gasteiger partial charge in [-0.2, -0.15) is 0 Å². The monoisotopic (exact) mass is 257 g/mol. The van der Waals surface area contributed by atoms with Crippen molar-refractivity contribution in [3.63, 3.8) is 0 Å². The summed E-state index contributed by atoms with van der Waals surface area (Å²) in [5.74, 6) is -1.10. The van der Waals surface area contributed by atoms with Crippen LogP contribution in [0.2, 0.25) is 0 Å². The molecule has 1 amide bonds. The van der Waals surface area contributed by atoms with E-state index in [1.807, 2.05) is 0 Å². The predicted octanol–water partition coefficient (Wildman–Crippen LogP) is 1.14. The number of carboxylic acids is 1. The molecule has 1 aliphatic heterocycles. The quantitative estimate of drug-likeness (QED) is 0.792. The smallest absolute Gasteiger partial charge is 0.407 e. The lowest BCUT2D eigenvalue weighted by molar-refractivity contribution is -0.141. The number of rotatable bonds is 3. The lowest BCUT2D eigenvalue weighted by atomic mass is 9.89. The van der Waals surface area contributed by atoms with E-state index in [1.165, 1.54) is 7.11 Å². The second kappa shape index (κ2) is 5.14. The first-order valence-corrected chi connectivity index (χ1v) is 6.27. The topological polar surface area (TPSA) is 84.9 Å². The molecule has 0 aromatic carbocycles. The number of carbonyl (C=O) groups is 2. The van der Waals surface area contributed by atoms with E-state index in [0.717, 1.165) is 25.7 Å². The van der Waals surface area contributed by atoms with Gasteiger partial charge in [0.2, 0.25) is 0 Å². The lowest BCUT2D eigenvalue weighted by Crippen LogP contribution is -2.46. The van der Waals surface area contributed by atoms with Crippen molar-refractivity contribution in [1.29, 1.82) is 0 Å². The Kier molecular flexibility index (Phi) is 3.75. The number of ether oxygens (including phenoxy) is 2. The van der Waals surface area contributed by atoms with Gasteiger partial charge in [-0.05, 0) is 38.0 Å². The molecule has 2 atom stereocenters. The minimum atomic E-state index is -1.01. The third-order valence-electron chi connectivity index (χ3n) is 3.77. The van der Waals surface area contributed by atoms with E-state index in [2.05, 4.69) is 10.1 Å². The number of nitrogens with one attached hydrogen (secondary N) is 1. The summed E-state index contributed by atoms with van der Waals surface area (Å²) in [6, 6.07) is -0.892. The zero-order valence-corrected chi connectivity index (χ0v) is 10.5. The predicted molar refractivity (Wildman–Crippen MR) is 62.2 cm³/mol. The molecule has 1 heterocycles. The number of methoxy groups -OCH3 is 1. The van der Waals surface area contributed by atoms with Gasteiger partial charge in [-0.1, -0.05) is 0 Å². The van der Waals surface area contributed by atoms with E-state index >= 15 is 0 Å². The molecule has 6 nitrogen and oxygen atoms in total. The van der Waals surface area contributed by atoms with Crippen LogP contribution in [-0.4, -0.2) is 42.5 Å². The Morgan fingerprint density at radius 1 is 1.50 bits per heavy atom. The molecule has 0 bridgehead atoms. The van der Waals surface area contributed by atoms with E-state index in [1.54, 1.807) is 0 Å². The van der Waals surface area contributed by atoms with E-state index in [4.69, 9.17) is 4.74 Å². The average Bonchev–Trinajstić information content (AvgIpc) is 3.13. The summed E-state index contributed by atoms with van der Waals surface area (Å²) in [5.41, 5.74) is -0.118. The van der Waals surface area contributed by atoms with E-state index < -0.39 is 18.1 Å². The van der Waals surface area contributed by atoms with Crippen molar-refractivity contribution in [1.82, 2.24) is 5.32 Å². The maximum absolute atomic E-state index is 11.3. The van der Waals surface area contributed by atoms with Gasteiger partial charge in [-0.3, -0.25) is 0 Å². The molecule has 0 radical (unpaired) electrons. The highest BCUT2D eigenvalue weighted by Crippen LogP contribution is 2.47. The van der Waals surface area contributed by atoms with Crippen molar-refractivity contribution >= 4 is 12.1 Å². The molecule has 1 saturated carbocycles. The molecule has 2 rings (SSSR count). The van der Waals surface area contributed by atoms with Crippen LogP contribution in [0.25, 0.3) is 0 Å². The molecule has 1 saturated heterocycles. The molecule has 0 aromatic heterocycles. The summed E-state index contributed by atoms with van der Waals surface area (Å²) in [4.78, 5) is 22.5. The molecule has 2 aliphatic rings. The fourth-order valence-corrected chi connectivity index (χ4v) is 2.61. The molecule has 1 aliphatic carbocycles. The molecule has 2 unspecified atom stereocenters. The summed E-state index contributed by atoms with van der Waals surface area (Å²) >= 11 is 0. The number of alkyl carbamates (subject to hydrolysis) is 1. The van der Waals surface area contributed by atoms with Crippen LogP contribution in [0.5, 0.6) is 0 Å². The van der Waals surface area contributed by atoms with E-state index in [9.17, 15) is 14.7 Å². The van der Waals surface area contributed by atoms with Crippen LogP contribution in [0.15, 0.2) is 0 Å². The molecule has 1 spiro atoms. The molecule has 0 aromatic rings. The van der Waals surface area contributed by atoms with Gasteiger partial charge >= 0.3 is 12.1 Å². The summed E-state index contributed by atoms with van der Waals surface area (Å²) < 4.78 is 10.2. The summed E-state index contributed by atoms with van der Waals surface area (Å²) in [6.45, 7) is 0.682. The Hall–Kier alpha value is -1.30. The Morgan fingerprint density at radius 2 is 2.22 bits per heavy atom. The van der Waals surface area contributed by atoms with Gasteiger partial charge in [-0.25, -0.2) is 9.59 Å². The van der Waals surface area contributed by atoms with Crippen molar-refractivity contribution < 1.29 is 24.2 Å². The summed E-state index contributed by atoms with van der Waals surface area (Å²) in [6.07, 6.45) is 3.58. The van der Waals surface area contributed by atoms with Crippen molar-refractivity contribution in [2.75, 3.05) is 13.7 Å². The largest absolute Gasteiger partial charge is 0.480 e. The van der Waals surface area contributed by atoms with Gasteiger partial charge in [0.1, 0.15) is 6.04 Å². The molecule has 102 valence electrons. The first-order chi connectivity index (χ1) is 8.56. The Labute approximate surface area is 106 Å². The standard InChI is InChI=1S/C12H19NO5/c1-17-11(16)13-9(10(14)15)8-3-2-6-18-12(7-8)4-5-12/h8-9H,2-7H2,1H3,(H,13,16)(H,14,15). The Bertz CT molecular complexity index is 339. The lowest BCUT2D eigenvalue weighted by Gasteiger charge is -2.25. The van der Waals surface area contributed by atoms with Gasteiger partial charge in [-0.15, -0.1) is 0 Å². The van der Waals surface area contributed by atoms with Gasteiger partial charge in [0, 0.05) is 6.61 Å². The Balaban J connectivity index is 2.04. The number of hydrogen-bond acceptors (Lipinski definition) is 4. The van der Waals surface area contributed by atoms with Crippen molar-refractivity contribution in [3.05, 3.63) is 0 Å². The normalized spacial score (nSPS) is 27.1. The van der Waals surface area contributed by atoms with Crippen LogP contribution in [0, 0.1) is 5.92 Å². The van der Waals surface area contributed by atoms with E-state index in [0.29, 0.717) is 13.0 Å². The number of hydrogen-bond donors (Lipinski definition) is 2. The second-order valence-corrected chi connectivity index (χ2v) is 5.09. The second-order valence-electron chi connectivity index (χ2n) is 5.09. The van der Waals surface area contributed by atoms with Crippen LogP contribution in [0.1, 0.15) is 32.1 Å². The third-order valence-corrected chi connectivity index (χ3v) is 3.77. The minimum absolute atomic E-state index is 0.0911. The highest BCUT2D eigenvalue weighted by Gasteiger charge is 2.48. The number of aliphatic carboxylic acids is 1. The van der Waals surface area contributed by atoms with Crippen molar-refractivity contribution in [3.8, 4) is 0 Å². The summed E-state index contributed by atoms with van der Waals surface area (Å²) in [5, 5.41) is 11.7. The number of carboxylic acid groups (broad SMARTS) is 1. The first kappa shape index (κ1) is 13.1. The summed E-state index contributed by atoms with van der Waals surface area (Å²) in [7, 11) is 1.23. The van der Waals surface area contributed by atoms with Gasteiger partial charge in [0.15, 0.2) is 0 Å². The van der Waals surface area contributed by atoms with Gasteiger partial charge < -0.3 is 19.9 Å². The first-order valence-electron chi connectivity index (χ1n) is 6.27. The molecule has 2 N–H and O–H groups in total. The molecular weight excluding hydrogens is 238 g/mol. The molecule has 2 fully saturated rings. The van der Waals surface area contributed by atoms with Crippen LogP contribution < -0.4 is 5.32 Å². The number of carbonyl (C=O) groups excluding carboxylic acids is 1. The number of amides is 1. The Morgan fingerprint density at radius 3 is 2.78 bits per heavy atom. The molecular formula is C12H19NO5. The zero-order valence-electron chi connectivity index (χ0n) is 10.5. The van der Waals surface area contributed by atoms with Crippen LogP contribution in [0.3, 0.4) is 0 Å². The maximum atomic E-state index is 11.3. The molecule has 18 heavy (non-hydrogen) atoms. The molecule has 6 heteroatoms. The third kappa shape index (κ3) is 2.93. The van der Waals surface area contributed by atoms with Gasteiger partial charge in [0.05, 0.1) is 12.7 Å². The van der Waals surface area contributed by atoms with Crippen molar-refractivity contribution in [2.24, 2.45) is 5.92 Å². The van der Waals surface area contributed by atoms with Crippen LogP contribution in [-0.2, 0) is 14.3 Å².